The molecule has 1 aliphatic rings. The number of anilines is 1. The van der Waals surface area contributed by atoms with Crippen LogP contribution in [0.5, 0.6) is 0 Å². The first-order chi connectivity index (χ1) is 8.74. The Kier molecular flexibility index (Phi) is 4.55. The number of nitrogens with one attached hydrogen (secondary N) is 1. The molecule has 100 valence electrons. The lowest BCUT2D eigenvalue weighted by atomic mass is 9.97. The zero-order valence-corrected chi connectivity index (χ0v) is 10.6. The van der Waals surface area contributed by atoms with E-state index in [4.69, 9.17) is 5.73 Å². The molecule has 1 aromatic rings. The van der Waals surface area contributed by atoms with E-state index in [-0.39, 0.29) is 18.4 Å². The minimum Gasteiger partial charge on any atom is -0.367 e. The van der Waals surface area contributed by atoms with Gasteiger partial charge in [-0.05, 0) is 12.8 Å². The van der Waals surface area contributed by atoms with Gasteiger partial charge < -0.3 is 11.1 Å². The van der Waals surface area contributed by atoms with E-state index < -0.39 is 0 Å². The van der Waals surface area contributed by atoms with Crippen LogP contribution in [0.1, 0.15) is 44.9 Å². The van der Waals surface area contributed by atoms with E-state index in [2.05, 4.69) is 15.4 Å². The number of carbonyl (C=O) groups is 1. The van der Waals surface area contributed by atoms with Gasteiger partial charge in [0.2, 0.25) is 11.9 Å². The van der Waals surface area contributed by atoms with Crippen molar-refractivity contribution >= 4 is 11.9 Å². The number of nitrogens with two attached hydrogens (primary N) is 1. The quantitative estimate of drug-likeness (QED) is 0.842. The molecule has 0 saturated heterocycles. The Balaban J connectivity index is 1.78. The molecule has 1 aromatic heterocycles. The summed E-state index contributed by atoms with van der Waals surface area (Å²) in [6.45, 7) is 0.195. The summed E-state index contributed by atoms with van der Waals surface area (Å²) in [5.41, 5.74) is 5.40. The molecular formula is C12H21N5O. The van der Waals surface area contributed by atoms with Crippen LogP contribution in [0.3, 0.4) is 0 Å². The molecule has 2 rings (SSSR count). The molecule has 0 radical (unpaired) electrons. The van der Waals surface area contributed by atoms with Gasteiger partial charge in [-0.3, -0.25) is 4.79 Å². The highest BCUT2D eigenvalue weighted by Crippen LogP contribution is 2.16. The zero-order valence-electron chi connectivity index (χ0n) is 10.6. The standard InChI is InChI=1S/C12H21N5O/c13-12-14-9-17(16-12)8-11(18)15-10-6-4-2-1-3-5-7-10/h9-10H,1-8H2,(H2,13,16)(H,15,18). The van der Waals surface area contributed by atoms with Crippen LogP contribution < -0.4 is 11.1 Å². The van der Waals surface area contributed by atoms with Crippen molar-refractivity contribution in [1.82, 2.24) is 20.1 Å². The minimum atomic E-state index is -0.00882. The Hall–Kier alpha value is -1.59. The van der Waals surface area contributed by atoms with Crippen molar-refractivity contribution in [2.24, 2.45) is 0 Å². The van der Waals surface area contributed by atoms with Gasteiger partial charge in [-0.1, -0.05) is 32.1 Å². The molecule has 0 spiro atoms. The van der Waals surface area contributed by atoms with Crippen LogP contribution in [-0.4, -0.2) is 26.7 Å². The average molecular weight is 251 g/mol. The van der Waals surface area contributed by atoms with Crippen LogP contribution in [0.15, 0.2) is 6.33 Å². The van der Waals surface area contributed by atoms with Gasteiger partial charge in [0.15, 0.2) is 0 Å². The van der Waals surface area contributed by atoms with Crippen molar-refractivity contribution in [2.75, 3.05) is 5.73 Å². The van der Waals surface area contributed by atoms with Crippen LogP contribution in [-0.2, 0) is 11.3 Å². The second-order valence-electron chi connectivity index (χ2n) is 4.91. The van der Waals surface area contributed by atoms with Crippen LogP contribution in [0, 0.1) is 0 Å². The highest BCUT2D eigenvalue weighted by molar-refractivity contribution is 5.75. The number of rotatable bonds is 3. The van der Waals surface area contributed by atoms with E-state index in [1.54, 1.807) is 0 Å². The fourth-order valence-electron chi connectivity index (χ4n) is 2.41. The molecule has 1 fully saturated rings. The van der Waals surface area contributed by atoms with E-state index in [0.717, 1.165) is 12.8 Å². The fourth-order valence-corrected chi connectivity index (χ4v) is 2.41. The van der Waals surface area contributed by atoms with Crippen LogP contribution >= 0.6 is 0 Å². The average Bonchev–Trinajstić information content (AvgIpc) is 2.67. The molecule has 6 heteroatoms. The second kappa shape index (κ2) is 6.37. The largest absolute Gasteiger partial charge is 0.367 e. The van der Waals surface area contributed by atoms with Crippen molar-refractivity contribution in [3.63, 3.8) is 0 Å². The lowest BCUT2D eigenvalue weighted by Gasteiger charge is -2.20. The number of hydrogen-bond acceptors (Lipinski definition) is 4. The van der Waals surface area contributed by atoms with Crippen LogP contribution in [0.4, 0.5) is 5.95 Å². The summed E-state index contributed by atoms with van der Waals surface area (Å²) >= 11 is 0. The van der Waals surface area contributed by atoms with Crippen LogP contribution in [0.2, 0.25) is 0 Å². The van der Waals surface area contributed by atoms with Crippen molar-refractivity contribution in [2.45, 2.75) is 57.5 Å². The second-order valence-corrected chi connectivity index (χ2v) is 4.91. The molecule has 0 aliphatic heterocycles. The maximum Gasteiger partial charge on any atom is 0.242 e. The first-order valence-electron chi connectivity index (χ1n) is 6.68. The summed E-state index contributed by atoms with van der Waals surface area (Å²) in [6.07, 6.45) is 9.98. The van der Waals surface area contributed by atoms with Crippen molar-refractivity contribution in [3.8, 4) is 0 Å². The molecule has 3 N–H and O–H groups in total. The van der Waals surface area contributed by atoms with E-state index >= 15 is 0 Å². The predicted octanol–water partition coefficient (Wildman–Crippen LogP) is 1.09. The fraction of sp³-hybridized carbons (Fsp3) is 0.750. The van der Waals surface area contributed by atoms with E-state index in [1.165, 1.54) is 43.1 Å². The van der Waals surface area contributed by atoms with E-state index in [9.17, 15) is 4.79 Å². The molecule has 6 nitrogen and oxygen atoms in total. The number of nitrogens with zero attached hydrogens (tertiary/aromatic N) is 3. The van der Waals surface area contributed by atoms with Crippen molar-refractivity contribution < 1.29 is 4.79 Å². The Labute approximate surface area is 107 Å². The number of nitrogen functional groups attached to an aromatic ring is 1. The highest BCUT2D eigenvalue weighted by atomic mass is 16.2. The molecule has 0 aromatic carbocycles. The number of amides is 1. The Bertz CT molecular complexity index is 382. The third-order valence-corrected chi connectivity index (χ3v) is 3.33. The third-order valence-electron chi connectivity index (χ3n) is 3.33. The number of hydrogen-bond donors (Lipinski definition) is 2. The van der Waals surface area contributed by atoms with Gasteiger partial charge in [0.25, 0.3) is 0 Å². The van der Waals surface area contributed by atoms with E-state index in [1.807, 2.05) is 0 Å². The zero-order chi connectivity index (χ0) is 12.8. The molecule has 18 heavy (non-hydrogen) atoms. The van der Waals surface area contributed by atoms with Gasteiger partial charge in [-0.2, -0.15) is 0 Å². The molecule has 1 heterocycles. The summed E-state index contributed by atoms with van der Waals surface area (Å²) in [5, 5.41) is 6.98. The maximum absolute atomic E-state index is 11.8. The third kappa shape index (κ3) is 4.01. The molecule has 1 aliphatic carbocycles. The topological polar surface area (TPSA) is 85.8 Å². The molecule has 1 saturated carbocycles. The van der Waals surface area contributed by atoms with Gasteiger partial charge in [0.05, 0.1) is 0 Å². The van der Waals surface area contributed by atoms with Crippen molar-refractivity contribution in [1.29, 1.82) is 0 Å². The highest BCUT2D eigenvalue weighted by Gasteiger charge is 2.14. The lowest BCUT2D eigenvalue weighted by molar-refractivity contribution is -0.122. The summed E-state index contributed by atoms with van der Waals surface area (Å²) in [4.78, 5) is 15.6. The predicted molar refractivity (Wildman–Crippen MR) is 68.7 cm³/mol. The molecule has 1 amide bonds. The maximum atomic E-state index is 11.8. The van der Waals surface area contributed by atoms with Gasteiger partial charge in [-0.15, -0.1) is 5.10 Å². The molecule has 0 bridgehead atoms. The number of carbonyl (C=O) groups excluding carboxylic acids is 1. The summed E-state index contributed by atoms with van der Waals surface area (Å²) in [6, 6.07) is 0.318. The molecule has 0 atom stereocenters. The van der Waals surface area contributed by atoms with Crippen LogP contribution in [0.25, 0.3) is 0 Å². The van der Waals surface area contributed by atoms with Gasteiger partial charge in [-0.25, -0.2) is 9.67 Å². The number of aromatic nitrogens is 3. The van der Waals surface area contributed by atoms with E-state index in [0.29, 0.717) is 6.04 Å². The summed E-state index contributed by atoms with van der Waals surface area (Å²) in [7, 11) is 0. The SMILES string of the molecule is Nc1ncn(CC(=O)NC2CCCCCCC2)n1. The van der Waals surface area contributed by atoms with Gasteiger partial charge >= 0.3 is 0 Å². The van der Waals surface area contributed by atoms with Crippen molar-refractivity contribution in [3.05, 3.63) is 6.33 Å². The Morgan fingerprint density at radius 1 is 1.33 bits per heavy atom. The smallest absolute Gasteiger partial charge is 0.242 e. The normalized spacial score (nSPS) is 18.0. The molecule has 0 unspecified atom stereocenters. The Morgan fingerprint density at radius 3 is 2.61 bits per heavy atom. The Morgan fingerprint density at radius 2 is 2.00 bits per heavy atom. The van der Waals surface area contributed by atoms with Gasteiger partial charge in [0.1, 0.15) is 12.9 Å². The minimum absolute atomic E-state index is 0.00882. The summed E-state index contributed by atoms with van der Waals surface area (Å²) in [5.74, 6) is 0.194. The van der Waals surface area contributed by atoms with Gasteiger partial charge in [0, 0.05) is 6.04 Å². The monoisotopic (exact) mass is 251 g/mol. The first-order valence-corrected chi connectivity index (χ1v) is 6.68. The summed E-state index contributed by atoms with van der Waals surface area (Å²) < 4.78 is 1.47. The first kappa shape index (κ1) is 12.9. The molecular weight excluding hydrogens is 230 g/mol. The lowest BCUT2D eigenvalue weighted by Crippen LogP contribution is -2.37.